The second kappa shape index (κ2) is 7.64. The molecule has 1 aliphatic rings. The second-order valence-electron chi connectivity index (χ2n) is 7.85. The molecular weight excluding hydrogens is 372 g/mol. The Kier molecular flexibility index (Phi) is 5.21. The predicted molar refractivity (Wildman–Crippen MR) is 111 cm³/mol. The zero-order chi connectivity index (χ0) is 19.8. The standard InChI is InChI=1S/C21H26N4O2S/c1-12(2)17-9-16(19-14(4)24-27-21(19)23-17)20(26)22-10-13(3)25-7-5-18-15(11-25)6-8-28-18/h6,8-9,12-13H,5,7,10-11H2,1-4H3,(H,22,26). The minimum absolute atomic E-state index is 0.0966. The Balaban J connectivity index is 1.49. The summed E-state index contributed by atoms with van der Waals surface area (Å²) in [5, 5.41) is 9.99. The van der Waals surface area contributed by atoms with Crippen LogP contribution in [0.2, 0.25) is 0 Å². The molecule has 148 valence electrons. The quantitative estimate of drug-likeness (QED) is 0.706. The zero-order valence-electron chi connectivity index (χ0n) is 16.8. The van der Waals surface area contributed by atoms with Crippen molar-refractivity contribution in [1.82, 2.24) is 20.4 Å². The molecule has 3 aromatic heterocycles. The molecule has 3 aromatic rings. The average Bonchev–Trinajstić information content (AvgIpc) is 3.31. The van der Waals surface area contributed by atoms with E-state index in [-0.39, 0.29) is 17.9 Å². The summed E-state index contributed by atoms with van der Waals surface area (Å²) in [6.07, 6.45) is 1.09. The predicted octanol–water partition coefficient (Wildman–Crippen LogP) is 3.89. The van der Waals surface area contributed by atoms with E-state index in [2.05, 4.69) is 52.6 Å². The normalized spacial score (nSPS) is 15.8. The van der Waals surface area contributed by atoms with E-state index in [4.69, 9.17) is 4.52 Å². The highest BCUT2D eigenvalue weighted by molar-refractivity contribution is 7.10. The van der Waals surface area contributed by atoms with E-state index in [0.717, 1.165) is 25.2 Å². The Morgan fingerprint density at radius 2 is 2.21 bits per heavy atom. The lowest BCUT2D eigenvalue weighted by atomic mass is 10.0. The number of carbonyl (C=O) groups excluding carboxylic acids is 1. The van der Waals surface area contributed by atoms with Gasteiger partial charge in [-0.1, -0.05) is 19.0 Å². The molecule has 0 spiro atoms. The summed E-state index contributed by atoms with van der Waals surface area (Å²) in [5.41, 5.74) is 3.98. The lowest BCUT2D eigenvalue weighted by Crippen LogP contribution is -2.44. The van der Waals surface area contributed by atoms with Crippen LogP contribution in [0.5, 0.6) is 0 Å². The first kappa shape index (κ1) is 19.1. The first-order chi connectivity index (χ1) is 13.4. The van der Waals surface area contributed by atoms with Gasteiger partial charge in [-0.15, -0.1) is 11.3 Å². The molecule has 7 heteroatoms. The first-order valence-electron chi connectivity index (χ1n) is 9.78. The molecule has 4 heterocycles. The monoisotopic (exact) mass is 398 g/mol. The summed E-state index contributed by atoms with van der Waals surface area (Å²) in [6, 6.07) is 4.35. The molecule has 0 fully saturated rings. The van der Waals surface area contributed by atoms with Crippen LogP contribution < -0.4 is 5.32 Å². The second-order valence-corrected chi connectivity index (χ2v) is 8.85. The average molecular weight is 399 g/mol. The van der Waals surface area contributed by atoms with Gasteiger partial charge < -0.3 is 9.84 Å². The number of carbonyl (C=O) groups is 1. The molecule has 0 aromatic carbocycles. The van der Waals surface area contributed by atoms with E-state index in [9.17, 15) is 4.79 Å². The fraction of sp³-hybridized carbons (Fsp3) is 0.476. The third-order valence-corrected chi connectivity index (χ3v) is 6.51. The number of fused-ring (bicyclic) bond motifs is 2. The van der Waals surface area contributed by atoms with Crippen molar-refractivity contribution in [2.75, 3.05) is 13.1 Å². The van der Waals surface area contributed by atoms with E-state index in [1.165, 1.54) is 10.4 Å². The van der Waals surface area contributed by atoms with Crippen LogP contribution in [-0.2, 0) is 13.0 Å². The summed E-state index contributed by atoms with van der Waals surface area (Å²) >= 11 is 1.84. The van der Waals surface area contributed by atoms with Gasteiger partial charge in [0.05, 0.1) is 16.6 Å². The van der Waals surface area contributed by atoms with Crippen LogP contribution in [0.4, 0.5) is 0 Å². The highest BCUT2D eigenvalue weighted by atomic mass is 32.1. The van der Waals surface area contributed by atoms with Crippen molar-refractivity contribution in [3.8, 4) is 0 Å². The lowest BCUT2D eigenvalue weighted by molar-refractivity contribution is 0.0934. The van der Waals surface area contributed by atoms with Gasteiger partial charge in [-0.3, -0.25) is 9.69 Å². The summed E-state index contributed by atoms with van der Waals surface area (Å²) in [5.74, 6) is 0.106. The molecule has 1 N–H and O–H groups in total. The van der Waals surface area contributed by atoms with Gasteiger partial charge in [-0.05, 0) is 49.3 Å². The Bertz CT molecular complexity index is 1010. The molecule has 1 unspecified atom stereocenters. The molecule has 1 aliphatic heterocycles. The largest absolute Gasteiger partial charge is 0.350 e. The van der Waals surface area contributed by atoms with Crippen LogP contribution in [-0.4, -0.2) is 40.1 Å². The minimum Gasteiger partial charge on any atom is -0.350 e. The number of pyridine rings is 1. The van der Waals surface area contributed by atoms with Gasteiger partial charge in [0.15, 0.2) is 0 Å². The number of nitrogens with one attached hydrogen (secondary N) is 1. The fourth-order valence-corrected chi connectivity index (χ4v) is 4.59. The van der Waals surface area contributed by atoms with E-state index in [0.29, 0.717) is 28.9 Å². The Morgan fingerprint density at radius 1 is 1.39 bits per heavy atom. The van der Waals surface area contributed by atoms with Crippen LogP contribution in [0.15, 0.2) is 22.0 Å². The molecule has 0 radical (unpaired) electrons. The smallest absolute Gasteiger partial charge is 0.259 e. The number of amides is 1. The molecule has 0 saturated heterocycles. The lowest BCUT2D eigenvalue weighted by Gasteiger charge is -2.32. The van der Waals surface area contributed by atoms with E-state index >= 15 is 0 Å². The van der Waals surface area contributed by atoms with Crippen molar-refractivity contribution in [1.29, 1.82) is 0 Å². The van der Waals surface area contributed by atoms with Crippen molar-refractivity contribution in [3.05, 3.63) is 44.9 Å². The molecule has 0 saturated carbocycles. The fourth-order valence-electron chi connectivity index (χ4n) is 3.70. The van der Waals surface area contributed by atoms with Gasteiger partial charge in [-0.2, -0.15) is 0 Å². The zero-order valence-corrected chi connectivity index (χ0v) is 17.6. The summed E-state index contributed by atoms with van der Waals surface area (Å²) in [4.78, 5) is 21.4. The van der Waals surface area contributed by atoms with Crippen LogP contribution >= 0.6 is 11.3 Å². The molecular formula is C21H26N4O2S. The van der Waals surface area contributed by atoms with Gasteiger partial charge in [0, 0.05) is 36.2 Å². The number of rotatable bonds is 5. The summed E-state index contributed by atoms with van der Waals surface area (Å²) in [7, 11) is 0. The number of hydrogen-bond donors (Lipinski definition) is 1. The minimum atomic E-state index is -0.0966. The molecule has 4 rings (SSSR count). The third kappa shape index (κ3) is 3.56. The SMILES string of the molecule is Cc1noc2nc(C(C)C)cc(C(=O)NCC(C)N3CCc4sccc4C3)c12. The summed E-state index contributed by atoms with van der Waals surface area (Å²) in [6.45, 7) is 10.7. The summed E-state index contributed by atoms with van der Waals surface area (Å²) < 4.78 is 5.33. The Hall–Kier alpha value is -2.25. The van der Waals surface area contributed by atoms with E-state index < -0.39 is 0 Å². The van der Waals surface area contributed by atoms with Gasteiger partial charge in [0.2, 0.25) is 0 Å². The van der Waals surface area contributed by atoms with Crippen LogP contribution in [0.3, 0.4) is 0 Å². The van der Waals surface area contributed by atoms with Crippen molar-refractivity contribution >= 4 is 28.3 Å². The van der Waals surface area contributed by atoms with Crippen molar-refractivity contribution in [2.24, 2.45) is 0 Å². The molecule has 1 amide bonds. The number of aryl methyl sites for hydroxylation is 1. The van der Waals surface area contributed by atoms with Crippen LogP contribution in [0.25, 0.3) is 11.1 Å². The van der Waals surface area contributed by atoms with Crippen LogP contribution in [0.1, 0.15) is 58.9 Å². The number of hydrogen-bond acceptors (Lipinski definition) is 6. The maximum absolute atomic E-state index is 13.0. The first-order valence-corrected chi connectivity index (χ1v) is 10.7. The van der Waals surface area contributed by atoms with E-state index in [1.807, 2.05) is 24.3 Å². The third-order valence-electron chi connectivity index (χ3n) is 5.49. The number of thiophene rings is 1. The maximum atomic E-state index is 13.0. The molecule has 28 heavy (non-hydrogen) atoms. The van der Waals surface area contributed by atoms with Crippen molar-refractivity contribution in [2.45, 2.75) is 52.6 Å². The number of nitrogens with zero attached hydrogens (tertiary/aromatic N) is 3. The molecule has 6 nitrogen and oxygen atoms in total. The Morgan fingerprint density at radius 3 is 3.00 bits per heavy atom. The molecule has 0 bridgehead atoms. The van der Waals surface area contributed by atoms with Crippen molar-refractivity contribution in [3.63, 3.8) is 0 Å². The van der Waals surface area contributed by atoms with E-state index in [1.54, 1.807) is 0 Å². The highest BCUT2D eigenvalue weighted by Gasteiger charge is 2.23. The topological polar surface area (TPSA) is 71.3 Å². The van der Waals surface area contributed by atoms with Crippen molar-refractivity contribution < 1.29 is 9.32 Å². The molecule has 0 aliphatic carbocycles. The van der Waals surface area contributed by atoms with Gasteiger partial charge in [-0.25, -0.2) is 4.98 Å². The highest BCUT2D eigenvalue weighted by Crippen LogP contribution is 2.26. The maximum Gasteiger partial charge on any atom is 0.259 e. The van der Waals surface area contributed by atoms with Gasteiger partial charge in [0.1, 0.15) is 0 Å². The van der Waals surface area contributed by atoms with Gasteiger partial charge >= 0.3 is 0 Å². The Labute approximate surface area is 168 Å². The van der Waals surface area contributed by atoms with Crippen LogP contribution in [0, 0.1) is 6.92 Å². The number of aromatic nitrogens is 2. The molecule has 1 atom stereocenters. The van der Waals surface area contributed by atoms with Gasteiger partial charge in [0.25, 0.3) is 11.6 Å².